The lowest BCUT2D eigenvalue weighted by atomic mass is 10.3. The number of halogens is 7. The van der Waals surface area contributed by atoms with E-state index in [1.807, 2.05) is 0 Å². The number of hydrogen-bond acceptors (Lipinski definition) is 9. The first-order valence-corrected chi connectivity index (χ1v) is 11.0. The number of rotatable bonds is 6. The molecule has 0 aliphatic carbocycles. The lowest BCUT2D eigenvalue weighted by molar-refractivity contribution is -0.0506. The molecule has 0 fully saturated rings. The van der Waals surface area contributed by atoms with Gasteiger partial charge < -0.3 is 13.5 Å². The summed E-state index contributed by atoms with van der Waals surface area (Å²) in [6.45, 7) is -0.362. The molecule has 0 aromatic carbocycles. The van der Waals surface area contributed by atoms with E-state index in [-0.39, 0.29) is 12.5 Å². The number of aliphatic hydroxyl groups is 1. The Hall–Kier alpha value is -2.37. The van der Waals surface area contributed by atoms with E-state index in [1.54, 1.807) is 0 Å². The van der Waals surface area contributed by atoms with Gasteiger partial charge in [-0.2, -0.15) is 43.2 Å². The molecule has 0 atom stereocenters. The predicted octanol–water partition coefficient (Wildman–Crippen LogP) is 2.85. The van der Waals surface area contributed by atoms with Crippen LogP contribution in [0.1, 0.15) is 11.1 Å². The number of hydrogen-bond donors (Lipinski definition) is 1. The second-order valence-electron chi connectivity index (χ2n) is 5.27. The molecule has 2 heterocycles. The molecule has 1 N–H and O–H groups in total. The molecule has 18 heteroatoms. The van der Waals surface area contributed by atoms with Crippen LogP contribution in [0.5, 0.6) is 11.8 Å². The van der Waals surface area contributed by atoms with Crippen LogP contribution in [0.2, 0.25) is 0 Å². The van der Waals surface area contributed by atoms with Gasteiger partial charge in [0.25, 0.3) is 0 Å². The lowest BCUT2D eigenvalue weighted by Gasteiger charge is -2.08. The van der Waals surface area contributed by atoms with Gasteiger partial charge in [-0.1, -0.05) is 6.07 Å². The molecule has 0 spiro atoms. The Morgan fingerprint density at radius 2 is 1.16 bits per heavy atom. The average Bonchev–Trinajstić information content (AvgIpc) is 2.67. The van der Waals surface area contributed by atoms with Crippen LogP contribution in [-0.2, 0) is 32.7 Å². The van der Waals surface area contributed by atoms with Gasteiger partial charge in [-0.3, -0.25) is 0 Å². The Kier molecular flexibility index (Phi) is 9.07. The third-order valence-electron chi connectivity index (χ3n) is 2.89. The van der Waals surface area contributed by atoms with Crippen LogP contribution < -0.4 is 8.37 Å². The quantitative estimate of drug-likeness (QED) is 0.258. The van der Waals surface area contributed by atoms with Crippen LogP contribution in [0.15, 0.2) is 36.7 Å². The maximum atomic E-state index is 11.9. The number of aromatic nitrogens is 2. The number of alkyl halides is 7. The van der Waals surface area contributed by atoms with Crippen molar-refractivity contribution in [1.29, 1.82) is 0 Å². The van der Waals surface area contributed by atoms with E-state index in [9.17, 15) is 43.2 Å². The highest BCUT2D eigenvalue weighted by Gasteiger charge is 2.49. The Morgan fingerprint density at radius 1 is 0.781 bits per heavy atom. The molecular weight excluding hydrogens is 522 g/mol. The van der Waals surface area contributed by atoms with E-state index in [0.717, 1.165) is 24.5 Å². The van der Waals surface area contributed by atoms with Gasteiger partial charge in [-0.05, 0) is 17.2 Å². The van der Waals surface area contributed by atoms with E-state index in [0.29, 0.717) is 11.1 Å². The van der Waals surface area contributed by atoms with Gasteiger partial charge in [-0.15, -0.1) is 11.6 Å². The maximum absolute atomic E-state index is 11.9. The summed E-state index contributed by atoms with van der Waals surface area (Å²) in [5, 5.41) is 8.61. The fourth-order valence-corrected chi connectivity index (χ4v) is 2.41. The molecule has 0 aliphatic rings. The van der Waals surface area contributed by atoms with Gasteiger partial charge in [0, 0.05) is 30.4 Å². The predicted molar refractivity (Wildman–Crippen MR) is 95.2 cm³/mol. The fourth-order valence-electron chi connectivity index (χ4n) is 1.41. The molecule has 0 amide bonds. The Labute approximate surface area is 181 Å². The Bertz CT molecular complexity index is 1000. The van der Waals surface area contributed by atoms with Gasteiger partial charge in [0.1, 0.15) is 0 Å². The van der Waals surface area contributed by atoms with Crippen LogP contribution in [0.4, 0.5) is 26.3 Å². The van der Waals surface area contributed by atoms with Crippen LogP contribution in [0, 0.1) is 0 Å². The number of aliphatic hydroxyl groups excluding tert-OH is 1. The van der Waals surface area contributed by atoms with E-state index in [1.165, 1.54) is 12.1 Å². The molecule has 0 aliphatic heterocycles. The molecule has 0 bridgehead atoms. The van der Waals surface area contributed by atoms with Crippen molar-refractivity contribution >= 4 is 31.8 Å². The minimum Gasteiger partial charge on any atom is -0.392 e. The first kappa shape index (κ1) is 27.7. The van der Waals surface area contributed by atoms with Gasteiger partial charge in [0.2, 0.25) is 11.8 Å². The summed E-state index contributed by atoms with van der Waals surface area (Å²) in [5.74, 6) is -1.26. The Balaban J connectivity index is 0.000000320. The molecule has 180 valence electrons. The molecule has 2 aromatic rings. The zero-order valence-corrected chi connectivity index (χ0v) is 17.5. The number of nitrogens with zero attached hydrogens (tertiary/aromatic N) is 2. The topological polar surface area (TPSA) is 133 Å². The van der Waals surface area contributed by atoms with Gasteiger partial charge in [0.05, 0.1) is 6.61 Å². The van der Waals surface area contributed by atoms with Gasteiger partial charge in [-0.25, -0.2) is 9.97 Å². The second-order valence-corrected chi connectivity index (χ2v) is 8.61. The summed E-state index contributed by atoms with van der Waals surface area (Å²) in [6, 6.07) is 4.39. The van der Waals surface area contributed by atoms with Crippen molar-refractivity contribution in [3.8, 4) is 11.8 Å². The summed E-state index contributed by atoms with van der Waals surface area (Å²) in [6.07, 6.45) is 2.12. The third kappa shape index (κ3) is 7.95. The average molecular weight is 533 g/mol. The van der Waals surface area contributed by atoms with Crippen molar-refractivity contribution in [3.63, 3.8) is 0 Å². The van der Waals surface area contributed by atoms with Crippen LogP contribution in [0.25, 0.3) is 0 Å². The van der Waals surface area contributed by atoms with E-state index >= 15 is 0 Å². The highest BCUT2D eigenvalue weighted by molar-refractivity contribution is 7.88. The van der Waals surface area contributed by atoms with Crippen LogP contribution >= 0.6 is 11.6 Å². The smallest absolute Gasteiger partial charge is 0.392 e. The summed E-state index contributed by atoms with van der Waals surface area (Å²) in [5.41, 5.74) is -10.1. The summed E-state index contributed by atoms with van der Waals surface area (Å²) < 4.78 is 121. The molecule has 0 saturated carbocycles. The standard InChI is InChI=1S/C7H5ClF3NO3S.C7H6F3NO4S/c8-3-5-1-2-6(12-4-5)15-16(13,14)7(9,10)11;8-7(9,10)16(13,14)15-6-2-1-5(4-12)3-11-6/h1-2,4H,3H2;1-3,12H,4H2. The first-order chi connectivity index (χ1) is 14.5. The molecule has 2 rings (SSSR count). The number of pyridine rings is 2. The van der Waals surface area contributed by atoms with Gasteiger partial charge in [0.15, 0.2) is 0 Å². The minimum atomic E-state index is -5.70. The molecule has 0 unspecified atom stereocenters. The van der Waals surface area contributed by atoms with Crippen molar-refractivity contribution in [2.45, 2.75) is 23.5 Å². The molecule has 0 saturated heterocycles. The molecule has 0 radical (unpaired) electrons. The largest absolute Gasteiger partial charge is 0.534 e. The zero-order chi connectivity index (χ0) is 24.8. The molecule has 32 heavy (non-hydrogen) atoms. The molecule has 9 nitrogen and oxygen atoms in total. The normalized spacial score (nSPS) is 12.5. The highest BCUT2D eigenvalue weighted by atomic mass is 35.5. The van der Waals surface area contributed by atoms with Crippen LogP contribution in [0.3, 0.4) is 0 Å². The third-order valence-corrected chi connectivity index (χ3v) is 5.11. The van der Waals surface area contributed by atoms with Crippen molar-refractivity contribution in [2.24, 2.45) is 0 Å². The van der Waals surface area contributed by atoms with Crippen LogP contribution in [-0.4, -0.2) is 42.9 Å². The summed E-state index contributed by atoms with van der Waals surface area (Å²) in [4.78, 5) is 6.65. The zero-order valence-electron chi connectivity index (χ0n) is 15.1. The van der Waals surface area contributed by atoms with E-state index in [2.05, 4.69) is 18.3 Å². The molecule has 2 aromatic heterocycles. The summed E-state index contributed by atoms with van der Waals surface area (Å²) in [7, 11) is -11.4. The highest BCUT2D eigenvalue weighted by Crippen LogP contribution is 2.26. The van der Waals surface area contributed by atoms with Gasteiger partial charge >= 0.3 is 31.3 Å². The molecular formula is C14H11ClF6N2O7S2. The Morgan fingerprint density at radius 3 is 1.41 bits per heavy atom. The maximum Gasteiger partial charge on any atom is 0.534 e. The first-order valence-electron chi connectivity index (χ1n) is 7.60. The second kappa shape index (κ2) is 10.5. The lowest BCUT2D eigenvalue weighted by Crippen LogP contribution is -2.28. The van der Waals surface area contributed by atoms with Crippen molar-refractivity contribution in [1.82, 2.24) is 9.97 Å². The van der Waals surface area contributed by atoms with Crippen molar-refractivity contribution in [2.75, 3.05) is 0 Å². The SMILES string of the molecule is O=S(=O)(Oc1ccc(CCl)cn1)C(F)(F)F.O=S(=O)(Oc1ccc(CO)cn1)C(F)(F)F. The van der Waals surface area contributed by atoms with E-state index < -0.39 is 43.0 Å². The monoisotopic (exact) mass is 532 g/mol. The fraction of sp³-hybridized carbons (Fsp3) is 0.286. The van der Waals surface area contributed by atoms with Crippen molar-refractivity contribution in [3.05, 3.63) is 47.8 Å². The summed E-state index contributed by atoms with van der Waals surface area (Å²) >= 11 is 5.41. The minimum absolute atomic E-state index is 0.110. The van der Waals surface area contributed by atoms with E-state index in [4.69, 9.17) is 16.7 Å². The van der Waals surface area contributed by atoms with Crippen molar-refractivity contribution < 1.29 is 56.7 Å².